The fourth-order valence-electron chi connectivity index (χ4n) is 1.65. The summed E-state index contributed by atoms with van der Waals surface area (Å²) in [7, 11) is 0. The normalized spacial score (nSPS) is 10.4. The molecule has 2 aromatic carbocycles. The van der Waals surface area contributed by atoms with Crippen LogP contribution in [0.3, 0.4) is 0 Å². The molecule has 0 amide bonds. The molecule has 0 bridgehead atoms. The summed E-state index contributed by atoms with van der Waals surface area (Å²) >= 11 is 9.46. The quantitative estimate of drug-likeness (QED) is 0.820. The molecule has 0 atom stereocenters. The van der Waals surface area contributed by atoms with Gasteiger partial charge in [0.2, 0.25) is 0 Å². The van der Waals surface area contributed by atoms with Crippen LogP contribution in [0.15, 0.2) is 40.9 Å². The van der Waals surface area contributed by atoms with Gasteiger partial charge in [-0.15, -0.1) is 0 Å². The zero-order chi connectivity index (χ0) is 13.1. The first kappa shape index (κ1) is 13.4. The van der Waals surface area contributed by atoms with Gasteiger partial charge < -0.3 is 5.32 Å². The molecule has 0 aliphatic rings. The lowest BCUT2D eigenvalue weighted by molar-refractivity contribution is 0.627. The van der Waals surface area contributed by atoms with Gasteiger partial charge in [-0.05, 0) is 42.3 Å². The standard InChI is InChI=1S/C14H12BrClFN/c1-9-12(15)3-2-4-14(9)18-8-10-5-6-11(17)7-13(10)16/h2-7,18H,8H2,1H3. The van der Waals surface area contributed by atoms with Crippen LogP contribution in [0.2, 0.25) is 5.02 Å². The van der Waals surface area contributed by atoms with Crippen LogP contribution in [0.25, 0.3) is 0 Å². The molecule has 0 aromatic heterocycles. The molecule has 0 heterocycles. The van der Waals surface area contributed by atoms with Crippen molar-refractivity contribution in [2.75, 3.05) is 5.32 Å². The molecular weight excluding hydrogens is 317 g/mol. The second-order valence-corrected chi connectivity index (χ2v) is 5.26. The number of halogens is 3. The minimum Gasteiger partial charge on any atom is -0.381 e. The lowest BCUT2D eigenvalue weighted by Crippen LogP contribution is -2.02. The van der Waals surface area contributed by atoms with Crippen molar-refractivity contribution < 1.29 is 4.39 Å². The maximum absolute atomic E-state index is 12.9. The van der Waals surface area contributed by atoms with Crippen LogP contribution in [0.4, 0.5) is 10.1 Å². The fourth-order valence-corrected chi connectivity index (χ4v) is 2.25. The Morgan fingerprint density at radius 3 is 2.78 bits per heavy atom. The highest BCUT2D eigenvalue weighted by atomic mass is 79.9. The Morgan fingerprint density at radius 1 is 1.28 bits per heavy atom. The summed E-state index contributed by atoms with van der Waals surface area (Å²) in [4.78, 5) is 0. The van der Waals surface area contributed by atoms with E-state index >= 15 is 0 Å². The van der Waals surface area contributed by atoms with Crippen LogP contribution in [0.1, 0.15) is 11.1 Å². The van der Waals surface area contributed by atoms with Crippen LogP contribution < -0.4 is 5.32 Å². The Hall–Kier alpha value is -1.06. The van der Waals surface area contributed by atoms with Gasteiger partial charge in [-0.25, -0.2) is 4.39 Å². The first-order valence-electron chi connectivity index (χ1n) is 5.51. The van der Waals surface area contributed by atoms with Crippen LogP contribution in [0.5, 0.6) is 0 Å². The van der Waals surface area contributed by atoms with E-state index in [0.717, 1.165) is 21.3 Å². The monoisotopic (exact) mass is 327 g/mol. The van der Waals surface area contributed by atoms with E-state index in [2.05, 4.69) is 21.2 Å². The van der Waals surface area contributed by atoms with E-state index in [1.165, 1.54) is 12.1 Å². The average molecular weight is 329 g/mol. The van der Waals surface area contributed by atoms with Gasteiger partial charge in [-0.1, -0.05) is 39.7 Å². The number of benzene rings is 2. The largest absolute Gasteiger partial charge is 0.381 e. The highest BCUT2D eigenvalue weighted by Crippen LogP contribution is 2.25. The molecule has 4 heteroatoms. The van der Waals surface area contributed by atoms with Gasteiger partial charge in [-0.3, -0.25) is 0 Å². The van der Waals surface area contributed by atoms with E-state index in [0.29, 0.717) is 11.6 Å². The molecule has 0 saturated carbocycles. The number of hydrogen-bond acceptors (Lipinski definition) is 1. The van der Waals surface area contributed by atoms with Crippen LogP contribution in [-0.4, -0.2) is 0 Å². The summed E-state index contributed by atoms with van der Waals surface area (Å²) in [6, 6.07) is 10.4. The second-order valence-electron chi connectivity index (χ2n) is 4.00. The fraction of sp³-hybridized carbons (Fsp3) is 0.143. The maximum Gasteiger partial charge on any atom is 0.124 e. The van der Waals surface area contributed by atoms with Gasteiger partial charge in [0, 0.05) is 21.7 Å². The summed E-state index contributed by atoms with van der Waals surface area (Å²) in [6.45, 7) is 2.59. The Balaban J connectivity index is 2.14. The minimum atomic E-state index is -0.317. The lowest BCUT2D eigenvalue weighted by Gasteiger charge is -2.11. The molecule has 0 aliphatic carbocycles. The van der Waals surface area contributed by atoms with Gasteiger partial charge in [0.05, 0.1) is 0 Å². The Labute approximate surface area is 119 Å². The third-order valence-electron chi connectivity index (χ3n) is 2.75. The first-order chi connectivity index (χ1) is 8.58. The average Bonchev–Trinajstić information content (AvgIpc) is 2.33. The SMILES string of the molecule is Cc1c(Br)cccc1NCc1ccc(F)cc1Cl. The summed E-state index contributed by atoms with van der Waals surface area (Å²) < 4.78 is 14.0. The van der Waals surface area contributed by atoms with Crippen molar-refractivity contribution in [2.45, 2.75) is 13.5 Å². The Kier molecular flexibility index (Phi) is 4.25. The lowest BCUT2D eigenvalue weighted by atomic mass is 10.1. The van der Waals surface area contributed by atoms with Crippen molar-refractivity contribution in [1.29, 1.82) is 0 Å². The smallest absolute Gasteiger partial charge is 0.124 e. The van der Waals surface area contributed by atoms with Crippen LogP contribution in [0, 0.1) is 12.7 Å². The molecule has 0 saturated heterocycles. The van der Waals surface area contributed by atoms with Gasteiger partial charge in [0.15, 0.2) is 0 Å². The molecule has 0 radical (unpaired) electrons. The van der Waals surface area contributed by atoms with Crippen molar-refractivity contribution in [2.24, 2.45) is 0 Å². The summed E-state index contributed by atoms with van der Waals surface area (Å²) in [6.07, 6.45) is 0. The maximum atomic E-state index is 12.9. The van der Waals surface area contributed by atoms with E-state index in [1.807, 2.05) is 25.1 Å². The van der Waals surface area contributed by atoms with Crippen molar-refractivity contribution in [3.05, 3.63) is 62.8 Å². The highest BCUT2D eigenvalue weighted by Gasteiger charge is 2.04. The number of nitrogens with one attached hydrogen (secondary N) is 1. The van der Waals surface area contributed by atoms with Crippen molar-refractivity contribution in [3.8, 4) is 0 Å². The predicted octanol–water partition coefficient (Wildman–Crippen LogP) is 5.16. The van der Waals surface area contributed by atoms with Gasteiger partial charge >= 0.3 is 0 Å². The Bertz CT molecular complexity index is 572. The molecule has 1 nitrogen and oxygen atoms in total. The van der Waals surface area contributed by atoms with Crippen LogP contribution >= 0.6 is 27.5 Å². The number of hydrogen-bond donors (Lipinski definition) is 1. The van der Waals surface area contributed by atoms with E-state index < -0.39 is 0 Å². The molecule has 94 valence electrons. The molecule has 0 aliphatic heterocycles. The van der Waals surface area contributed by atoms with E-state index in [4.69, 9.17) is 11.6 Å². The van der Waals surface area contributed by atoms with E-state index in [-0.39, 0.29) is 5.82 Å². The summed E-state index contributed by atoms with van der Waals surface area (Å²) in [5.41, 5.74) is 3.04. The molecule has 2 aromatic rings. The minimum absolute atomic E-state index is 0.317. The first-order valence-corrected chi connectivity index (χ1v) is 6.68. The molecule has 1 N–H and O–H groups in total. The molecular formula is C14H12BrClFN. The van der Waals surface area contributed by atoms with Crippen molar-refractivity contribution in [3.63, 3.8) is 0 Å². The Morgan fingerprint density at radius 2 is 2.06 bits per heavy atom. The molecule has 0 unspecified atom stereocenters. The molecule has 2 rings (SSSR count). The molecule has 0 spiro atoms. The van der Waals surface area contributed by atoms with Gasteiger partial charge in [-0.2, -0.15) is 0 Å². The second kappa shape index (κ2) is 5.72. The predicted molar refractivity (Wildman–Crippen MR) is 77.6 cm³/mol. The third kappa shape index (κ3) is 3.03. The highest BCUT2D eigenvalue weighted by molar-refractivity contribution is 9.10. The van der Waals surface area contributed by atoms with E-state index in [9.17, 15) is 4.39 Å². The van der Waals surface area contributed by atoms with Crippen molar-refractivity contribution in [1.82, 2.24) is 0 Å². The zero-order valence-electron chi connectivity index (χ0n) is 9.81. The van der Waals surface area contributed by atoms with E-state index in [1.54, 1.807) is 6.07 Å². The number of anilines is 1. The summed E-state index contributed by atoms with van der Waals surface area (Å²) in [5, 5.41) is 3.73. The molecule has 18 heavy (non-hydrogen) atoms. The zero-order valence-corrected chi connectivity index (χ0v) is 12.1. The van der Waals surface area contributed by atoms with Gasteiger partial charge in [0.25, 0.3) is 0 Å². The summed E-state index contributed by atoms with van der Waals surface area (Å²) in [5.74, 6) is -0.317. The van der Waals surface area contributed by atoms with Crippen molar-refractivity contribution >= 4 is 33.2 Å². The topological polar surface area (TPSA) is 12.0 Å². The van der Waals surface area contributed by atoms with Gasteiger partial charge in [0.1, 0.15) is 5.82 Å². The number of rotatable bonds is 3. The van der Waals surface area contributed by atoms with Crippen LogP contribution in [-0.2, 0) is 6.54 Å². The molecule has 0 fully saturated rings. The third-order valence-corrected chi connectivity index (χ3v) is 3.96.